The minimum atomic E-state index is -0.0607. The third kappa shape index (κ3) is 4.53. The van der Waals surface area contributed by atoms with Gasteiger partial charge in [0.05, 0.1) is 0 Å². The van der Waals surface area contributed by atoms with Gasteiger partial charge in [-0.25, -0.2) is 0 Å². The number of carbonyl (C=O) groups is 1. The molecule has 0 unspecified atom stereocenters. The summed E-state index contributed by atoms with van der Waals surface area (Å²) < 4.78 is 0. The second-order valence-corrected chi connectivity index (χ2v) is 4.89. The number of aryl methyl sites for hydroxylation is 1. The van der Waals surface area contributed by atoms with Crippen LogP contribution < -0.4 is 10.6 Å². The first-order chi connectivity index (χ1) is 8.66. The maximum absolute atomic E-state index is 12.0. The SMILES string of the molecule is Cc1ccc(Cl)cc1C(=O)NCC1=CCNCC1.Cl. The molecule has 1 heterocycles. The van der Waals surface area contributed by atoms with Gasteiger partial charge in [-0.2, -0.15) is 0 Å². The van der Waals surface area contributed by atoms with E-state index >= 15 is 0 Å². The lowest BCUT2D eigenvalue weighted by molar-refractivity contribution is 0.0956. The molecule has 104 valence electrons. The van der Waals surface area contributed by atoms with Crippen molar-refractivity contribution in [3.8, 4) is 0 Å². The Labute approximate surface area is 124 Å². The molecule has 0 aromatic heterocycles. The number of hydrogen-bond acceptors (Lipinski definition) is 2. The second-order valence-electron chi connectivity index (χ2n) is 4.46. The van der Waals surface area contributed by atoms with Crippen LogP contribution in [0.2, 0.25) is 5.02 Å². The van der Waals surface area contributed by atoms with E-state index in [4.69, 9.17) is 11.6 Å². The monoisotopic (exact) mass is 300 g/mol. The topological polar surface area (TPSA) is 41.1 Å². The second kappa shape index (κ2) is 7.53. The highest BCUT2D eigenvalue weighted by molar-refractivity contribution is 6.31. The number of benzene rings is 1. The molecule has 0 bridgehead atoms. The molecule has 0 saturated heterocycles. The maximum atomic E-state index is 12.0. The lowest BCUT2D eigenvalue weighted by atomic mass is 10.1. The summed E-state index contributed by atoms with van der Waals surface area (Å²) in [6.45, 7) is 4.40. The summed E-state index contributed by atoms with van der Waals surface area (Å²) in [5, 5.41) is 6.78. The van der Waals surface area contributed by atoms with Crippen LogP contribution >= 0.6 is 24.0 Å². The first kappa shape index (κ1) is 16.0. The fourth-order valence-corrected chi connectivity index (χ4v) is 2.13. The maximum Gasteiger partial charge on any atom is 0.251 e. The first-order valence-electron chi connectivity index (χ1n) is 6.10. The number of nitrogens with one attached hydrogen (secondary N) is 2. The van der Waals surface area contributed by atoms with Crippen molar-refractivity contribution in [1.82, 2.24) is 10.6 Å². The Balaban J connectivity index is 0.00000180. The molecule has 1 amide bonds. The average Bonchev–Trinajstić information content (AvgIpc) is 2.40. The number of amides is 1. The number of halogens is 2. The van der Waals surface area contributed by atoms with Crippen molar-refractivity contribution in [2.24, 2.45) is 0 Å². The summed E-state index contributed by atoms with van der Waals surface area (Å²) in [5.41, 5.74) is 2.87. The molecule has 2 rings (SSSR count). The van der Waals surface area contributed by atoms with E-state index in [2.05, 4.69) is 16.7 Å². The van der Waals surface area contributed by atoms with Gasteiger partial charge in [-0.15, -0.1) is 12.4 Å². The Morgan fingerprint density at radius 1 is 1.47 bits per heavy atom. The molecule has 3 nitrogen and oxygen atoms in total. The predicted molar refractivity (Wildman–Crippen MR) is 81.3 cm³/mol. The molecular formula is C14H18Cl2N2O. The highest BCUT2D eigenvalue weighted by atomic mass is 35.5. The molecule has 1 aromatic carbocycles. The van der Waals surface area contributed by atoms with Crippen LogP contribution in [0.3, 0.4) is 0 Å². The van der Waals surface area contributed by atoms with Gasteiger partial charge in [-0.1, -0.05) is 29.3 Å². The summed E-state index contributed by atoms with van der Waals surface area (Å²) in [4.78, 5) is 12.0. The van der Waals surface area contributed by atoms with Crippen LogP contribution in [-0.4, -0.2) is 25.5 Å². The fourth-order valence-electron chi connectivity index (χ4n) is 1.96. The fraction of sp³-hybridized carbons (Fsp3) is 0.357. The van der Waals surface area contributed by atoms with Gasteiger partial charge in [-0.3, -0.25) is 4.79 Å². The zero-order chi connectivity index (χ0) is 13.0. The van der Waals surface area contributed by atoms with E-state index in [-0.39, 0.29) is 18.3 Å². The lowest BCUT2D eigenvalue weighted by Crippen LogP contribution is -2.30. The highest BCUT2D eigenvalue weighted by Gasteiger charge is 2.10. The van der Waals surface area contributed by atoms with Gasteiger partial charge < -0.3 is 10.6 Å². The molecule has 1 aliphatic heterocycles. The number of carbonyl (C=O) groups excluding carboxylic acids is 1. The van der Waals surface area contributed by atoms with E-state index in [0.717, 1.165) is 25.1 Å². The van der Waals surface area contributed by atoms with E-state index in [1.807, 2.05) is 13.0 Å². The summed E-state index contributed by atoms with van der Waals surface area (Å²) in [6.07, 6.45) is 3.13. The third-order valence-electron chi connectivity index (χ3n) is 3.08. The largest absolute Gasteiger partial charge is 0.348 e. The van der Waals surface area contributed by atoms with Gasteiger partial charge in [0, 0.05) is 23.7 Å². The minimum Gasteiger partial charge on any atom is -0.348 e. The molecule has 1 aliphatic rings. The molecule has 2 N–H and O–H groups in total. The molecule has 0 radical (unpaired) electrons. The first-order valence-corrected chi connectivity index (χ1v) is 6.47. The summed E-state index contributed by atoms with van der Waals surface area (Å²) in [6, 6.07) is 5.37. The van der Waals surface area contributed by atoms with Crippen molar-refractivity contribution < 1.29 is 4.79 Å². The lowest BCUT2D eigenvalue weighted by Gasteiger charge is -2.15. The Hall–Kier alpha value is -1.03. The van der Waals surface area contributed by atoms with Crippen LogP contribution in [0.25, 0.3) is 0 Å². The zero-order valence-corrected chi connectivity index (χ0v) is 12.4. The Kier molecular flexibility index (Phi) is 6.35. The van der Waals surface area contributed by atoms with Crippen LogP contribution in [0.1, 0.15) is 22.3 Å². The quantitative estimate of drug-likeness (QED) is 0.843. The van der Waals surface area contributed by atoms with Crippen LogP contribution in [0.4, 0.5) is 0 Å². The Morgan fingerprint density at radius 3 is 2.95 bits per heavy atom. The molecule has 0 atom stereocenters. The third-order valence-corrected chi connectivity index (χ3v) is 3.31. The molecule has 5 heteroatoms. The van der Waals surface area contributed by atoms with E-state index in [1.165, 1.54) is 5.57 Å². The summed E-state index contributed by atoms with van der Waals surface area (Å²) in [5.74, 6) is -0.0607. The Morgan fingerprint density at radius 2 is 2.26 bits per heavy atom. The molecular weight excluding hydrogens is 283 g/mol. The Bertz CT molecular complexity index is 486. The normalized spacial score (nSPS) is 14.3. The van der Waals surface area contributed by atoms with Crippen molar-refractivity contribution in [2.75, 3.05) is 19.6 Å². The van der Waals surface area contributed by atoms with Crippen molar-refractivity contribution in [1.29, 1.82) is 0 Å². The minimum absolute atomic E-state index is 0. The van der Waals surface area contributed by atoms with E-state index < -0.39 is 0 Å². The van der Waals surface area contributed by atoms with Gasteiger partial charge in [0.1, 0.15) is 0 Å². The van der Waals surface area contributed by atoms with Gasteiger partial charge in [0.2, 0.25) is 0 Å². The molecule has 0 fully saturated rings. The highest BCUT2D eigenvalue weighted by Crippen LogP contribution is 2.15. The van der Waals surface area contributed by atoms with Gasteiger partial charge in [0.15, 0.2) is 0 Å². The molecule has 0 spiro atoms. The standard InChI is InChI=1S/C14H17ClN2O.ClH/c1-10-2-3-12(15)8-13(10)14(18)17-9-11-4-6-16-7-5-11;/h2-4,8,16H,5-7,9H2,1H3,(H,17,18);1H. The van der Waals surface area contributed by atoms with Crippen molar-refractivity contribution in [2.45, 2.75) is 13.3 Å². The van der Waals surface area contributed by atoms with Gasteiger partial charge in [-0.05, 0) is 37.6 Å². The number of rotatable bonds is 3. The number of hydrogen-bond donors (Lipinski definition) is 2. The predicted octanol–water partition coefficient (Wildman–Crippen LogP) is 2.72. The summed E-state index contributed by atoms with van der Waals surface area (Å²) >= 11 is 5.91. The van der Waals surface area contributed by atoms with Crippen molar-refractivity contribution in [3.05, 3.63) is 46.0 Å². The van der Waals surface area contributed by atoms with Crippen LogP contribution in [0.15, 0.2) is 29.8 Å². The zero-order valence-electron chi connectivity index (χ0n) is 10.8. The van der Waals surface area contributed by atoms with Crippen LogP contribution in [0.5, 0.6) is 0 Å². The van der Waals surface area contributed by atoms with E-state index in [9.17, 15) is 4.79 Å². The van der Waals surface area contributed by atoms with Crippen LogP contribution in [-0.2, 0) is 0 Å². The average molecular weight is 301 g/mol. The van der Waals surface area contributed by atoms with Gasteiger partial charge in [0.25, 0.3) is 5.91 Å². The smallest absolute Gasteiger partial charge is 0.251 e. The van der Waals surface area contributed by atoms with Gasteiger partial charge >= 0.3 is 0 Å². The molecule has 19 heavy (non-hydrogen) atoms. The van der Waals surface area contributed by atoms with Crippen molar-refractivity contribution in [3.63, 3.8) is 0 Å². The molecule has 0 saturated carbocycles. The van der Waals surface area contributed by atoms with Crippen LogP contribution in [0, 0.1) is 6.92 Å². The molecule has 1 aromatic rings. The molecule has 0 aliphatic carbocycles. The summed E-state index contributed by atoms with van der Waals surface area (Å²) in [7, 11) is 0. The van der Waals surface area contributed by atoms with Crippen molar-refractivity contribution >= 4 is 29.9 Å². The van der Waals surface area contributed by atoms with E-state index in [0.29, 0.717) is 17.1 Å². The van der Waals surface area contributed by atoms with E-state index in [1.54, 1.807) is 12.1 Å².